The fourth-order valence-corrected chi connectivity index (χ4v) is 2.45. The van der Waals surface area contributed by atoms with Gasteiger partial charge in [0.1, 0.15) is 0 Å². The third kappa shape index (κ3) is 3.63. The van der Waals surface area contributed by atoms with E-state index < -0.39 is 0 Å². The van der Waals surface area contributed by atoms with Crippen molar-refractivity contribution < 1.29 is 14.6 Å². The molecule has 1 aliphatic carbocycles. The maximum Gasteiger partial charge on any atom is 0.305 e. The summed E-state index contributed by atoms with van der Waals surface area (Å²) in [4.78, 5) is 11.2. The summed E-state index contributed by atoms with van der Waals surface area (Å²) >= 11 is 0. The molecule has 3 heteroatoms. The molecule has 1 N–H and O–H groups in total. The Hall–Kier alpha value is -0.830. The number of allylic oxidation sites excluding steroid dienone is 2. The number of aliphatic hydroxyl groups is 1. The summed E-state index contributed by atoms with van der Waals surface area (Å²) in [5.74, 6) is 0.342. The molecule has 3 atom stereocenters. The standard InChI is InChI=1S/C13H22O3/c1-3-4-5-6-11-10(7-8-12(11)14)9-13(15)16-2/h4-5,10-12,14H,3,6-9H2,1-2H3/b5-4+. The van der Waals surface area contributed by atoms with Crippen molar-refractivity contribution in [1.29, 1.82) is 0 Å². The molecule has 1 aliphatic rings. The predicted molar refractivity (Wildman–Crippen MR) is 62.9 cm³/mol. The highest BCUT2D eigenvalue weighted by molar-refractivity contribution is 5.69. The molecule has 0 heterocycles. The number of carbonyl (C=O) groups excluding carboxylic acids is 1. The van der Waals surface area contributed by atoms with Crippen LogP contribution >= 0.6 is 0 Å². The molecule has 0 saturated heterocycles. The minimum Gasteiger partial charge on any atom is -0.469 e. The van der Waals surface area contributed by atoms with Crippen molar-refractivity contribution in [3.8, 4) is 0 Å². The van der Waals surface area contributed by atoms with Crippen molar-refractivity contribution in [3.63, 3.8) is 0 Å². The molecule has 1 rings (SSSR count). The van der Waals surface area contributed by atoms with Crippen molar-refractivity contribution in [2.45, 2.75) is 45.1 Å². The minimum absolute atomic E-state index is 0.163. The van der Waals surface area contributed by atoms with E-state index in [-0.39, 0.29) is 23.9 Å². The van der Waals surface area contributed by atoms with Crippen LogP contribution in [0, 0.1) is 11.8 Å². The second-order valence-electron chi connectivity index (χ2n) is 4.46. The van der Waals surface area contributed by atoms with Gasteiger partial charge in [0, 0.05) is 6.42 Å². The molecule has 0 aliphatic heterocycles. The second-order valence-corrected chi connectivity index (χ2v) is 4.46. The fraction of sp³-hybridized carbons (Fsp3) is 0.769. The number of aliphatic hydroxyl groups excluding tert-OH is 1. The molecule has 0 amide bonds. The van der Waals surface area contributed by atoms with Crippen LogP contribution in [0.2, 0.25) is 0 Å². The number of rotatable bonds is 5. The third-order valence-corrected chi connectivity index (χ3v) is 3.40. The summed E-state index contributed by atoms with van der Waals surface area (Å²) in [7, 11) is 1.42. The summed E-state index contributed by atoms with van der Waals surface area (Å²) in [6, 6.07) is 0. The van der Waals surface area contributed by atoms with Gasteiger partial charge in [-0.1, -0.05) is 19.1 Å². The lowest BCUT2D eigenvalue weighted by molar-refractivity contribution is -0.142. The van der Waals surface area contributed by atoms with Crippen molar-refractivity contribution in [1.82, 2.24) is 0 Å². The molecular weight excluding hydrogens is 204 g/mol. The zero-order chi connectivity index (χ0) is 12.0. The number of ether oxygens (including phenoxy) is 1. The normalized spacial score (nSPS) is 29.8. The van der Waals surface area contributed by atoms with Crippen molar-refractivity contribution in [2.24, 2.45) is 11.8 Å². The van der Waals surface area contributed by atoms with Gasteiger partial charge in [-0.2, -0.15) is 0 Å². The topological polar surface area (TPSA) is 46.5 Å². The number of methoxy groups -OCH3 is 1. The largest absolute Gasteiger partial charge is 0.469 e. The summed E-state index contributed by atoms with van der Waals surface area (Å²) in [5, 5.41) is 9.86. The van der Waals surface area contributed by atoms with Crippen LogP contribution in [0.15, 0.2) is 12.2 Å². The van der Waals surface area contributed by atoms with Gasteiger partial charge in [-0.3, -0.25) is 4.79 Å². The first-order chi connectivity index (χ1) is 7.69. The van der Waals surface area contributed by atoms with E-state index in [4.69, 9.17) is 0 Å². The maximum absolute atomic E-state index is 11.2. The van der Waals surface area contributed by atoms with E-state index in [1.165, 1.54) is 7.11 Å². The summed E-state index contributed by atoms with van der Waals surface area (Å²) in [6.07, 6.45) is 8.05. The van der Waals surface area contributed by atoms with E-state index in [1.807, 2.05) is 0 Å². The Kier molecular flexibility index (Phi) is 5.53. The Bertz CT molecular complexity index is 248. The Morgan fingerprint density at radius 2 is 2.19 bits per heavy atom. The van der Waals surface area contributed by atoms with Gasteiger partial charge in [-0.15, -0.1) is 0 Å². The molecule has 0 aromatic carbocycles. The Labute approximate surface area is 97.5 Å². The predicted octanol–water partition coefficient (Wildman–Crippen LogP) is 2.29. The highest BCUT2D eigenvalue weighted by Crippen LogP contribution is 2.37. The first-order valence-corrected chi connectivity index (χ1v) is 6.08. The van der Waals surface area contributed by atoms with Crippen LogP contribution in [0.3, 0.4) is 0 Å². The zero-order valence-electron chi connectivity index (χ0n) is 10.2. The maximum atomic E-state index is 11.2. The molecule has 0 radical (unpaired) electrons. The summed E-state index contributed by atoms with van der Waals surface area (Å²) in [6.45, 7) is 2.09. The molecule has 0 aromatic rings. The molecule has 3 nitrogen and oxygen atoms in total. The molecule has 92 valence electrons. The van der Waals surface area contributed by atoms with Crippen LogP contribution in [0.1, 0.15) is 39.0 Å². The molecule has 16 heavy (non-hydrogen) atoms. The Morgan fingerprint density at radius 3 is 2.81 bits per heavy atom. The van der Waals surface area contributed by atoms with Gasteiger partial charge in [0.15, 0.2) is 0 Å². The fourth-order valence-electron chi connectivity index (χ4n) is 2.45. The minimum atomic E-state index is -0.254. The van der Waals surface area contributed by atoms with Gasteiger partial charge in [0.05, 0.1) is 13.2 Å². The lowest BCUT2D eigenvalue weighted by Gasteiger charge is -2.19. The van der Waals surface area contributed by atoms with E-state index in [1.54, 1.807) is 0 Å². The van der Waals surface area contributed by atoms with Gasteiger partial charge >= 0.3 is 5.97 Å². The average molecular weight is 226 g/mol. The Balaban J connectivity index is 2.48. The first-order valence-electron chi connectivity index (χ1n) is 6.08. The van der Waals surface area contributed by atoms with Gasteiger partial charge in [-0.25, -0.2) is 0 Å². The monoisotopic (exact) mass is 226 g/mol. The molecule has 3 unspecified atom stereocenters. The smallest absolute Gasteiger partial charge is 0.305 e. The second kappa shape index (κ2) is 6.69. The number of hydrogen-bond acceptors (Lipinski definition) is 3. The molecular formula is C13H22O3. The van der Waals surface area contributed by atoms with E-state index >= 15 is 0 Å². The van der Waals surface area contributed by atoms with Gasteiger partial charge in [-0.05, 0) is 37.5 Å². The van der Waals surface area contributed by atoms with E-state index in [2.05, 4.69) is 23.8 Å². The SMILES string of the molecule is CC/C=C/CC1C(O)CCC1CC(=O)OC. The number of carbonyl (C=O) groups is 1. The number of esters is 1. The quantitative estimate of drug-likeness (QED) is 0.578. The van der Waals surface area contributed by atoms with Crippen LogP contribution in [0.4, 0.5) is 0 Å². The van der Waals surface area contributed by atoms with Crippen molar-refractivity contribution in [3.05, 3.63) is 12.2 Å². The molecule has 0 bridgehead atoms. The summed E-state index contributed by atoms with van der Waals surface area (Å²) < 4.78 is 4.68. The van der Waals surface area contributed by atoms with Crippen LogP contribution in [0.25, 0.3) is 0 Å². The van der Waals surface area contributed by atoms with Crippen LogP contribution in [-0.4, -0.2) is 24.3 Å². The molecule has 0 spiro atoms. The zero-order valence-corrected chi connectivity index (χ0v) is 10.2. The van der Waals surface area contributed by atoms with E-state index in [9.17, 15) is 9.90 Å². The van der Waals surface area contributed by atoms with Gasteiger partial charge in [0.25, 0.3) is 0 Å². The van der Waals surface area contributed by atoms with Crippen LogP contribution < -0.4 is 0 Å². The third-order valence-electron chi connectivity index (χ3n) is 3.40. The van der Waals surface area contributed by atoms with Crippen LogP contribution in [-0.2, 0) is 9.53 Å². The van der Waals surface area contributed by atoms with Crippen molar-refractivity contribution >= 4 is 5.97 Å². The van der Waals surface area contributed by atoms with Gasteiger partial charge in [0.2, 0.25) is 0 Å². The highest BCUT2D eigenvalue weighted by atomic mass is 16.5. The summed E-state index contributed by atoms with van der Waals surface area (Å²) in [5.41, 5.74) is 0. The van der Waals surface area contributed by atoms with E-state index in [0.717, 1.165) is 25.7 Å². The Morgan fingerprint density at radius 1 is 1.44 bits per heavy atom. The number of hydrogen-bond donors (Lipinski definition) is 1. The first kappa shape index (κ1) is 13.2. The molecule has 1 saturated carbocycles. The average Bonchev–Trinajstić information content (AvgIpc) is 2.61. The van der Waals surface area contributed by atoms with E-state index in [0.29, 0.717) is 6.42 Å². The van der Waals surface area contributed by atoms with Gasteiger partial charge < -0.3 is 9.84 Å². The highest BCUT2D eigenvalue weighted by Gasteiger charge is 2.35. The molecule has 0 aromatic heterocycles. The van der Waals surface area contributed by atoms with Crippen molar-refractivity contribution in [2.75, 3.05) is 7.11 Å². The molecule has 1 fully saturated rings. The lowest BCUT2D eigenvalue weighted by Crippen LogP contribution is -2.21. The lowest BCUT2D eigenvalue weighted by atomic mass is 9.89. The van der Waals surface area contributed by atoms with Crippen LogP contribution in [0.5, 0.6) is 0 Å².